The second-order valence-electron chi connectivity index (χ2n) is 7.54. The summed E-state index contributed by atoms with van der Waals surface area (Å²) in [4.78, 5) is 12.3. The molecule has 2 aromatic carbocycles. The number of rotatable bonds is 8. The van der Waals surface area contributed by atoms with Crippen LogP contribution in [-0.2, 0) is 21.4 Å². The van der Waals surface area contributed by atoms with E-state index >= 15 is 0 Å². The average Bonchev–Trinajstić information content (AvgIpc) is 3.27. The van der Waals surface area contributed by atoms with Crippen LogP contribution in [0.4, 0.5) is 0 Å². The van der Waals surface area contributed by atoms with Crippen LogP contribution in [0.3, 0.4) is 0 Å². The summed E-state index contributed by atoms with van der Waals surface area (Å²) >= 11 is 0. The highest BCUT2D eigenvalue weighted by Crippen LogP contribution is 2.21. The van der Waals surface area contributed by atoms with E-state index in [4.69, 9.17) is 4.74 Å². The van der Waals surface area contributed by atoms with Crippen LogP contribution in [0, 0.1) is 0 Å². The van der Waals surface area contributed by atoms with Gasteiger partial charge < -0.3 is 10.1 Å². The molecule has 29 heavy (non-hydrogen) atoms. The second kappa shape index (κ2) is 9.41. The van der Waals surface area contributed by atoms with Gasteiger partial charge in [0.15, 0.2) is 6.61 Å². The van der Waals surface area contributed by atoms with Crippen molar-refractivity contribution in [3.8, 4) is 5.75 Å². The highest BCUT2D eigenvalue weighted by Gasteiger charge is 2.26. The number of benzene rings is 2. The zero-order valence-electron chi connectivity index (χ0n) is 16.9. The Kier molecular flexibility index (Phi) is 6.92. The van der Waals surface area contributed by atoms with Crippen molar-refractivity contribution in [1.29, 1.82) is 0 Å². The number of sulfonamides is 1. The van der Waals surface area contributed by atoms with E-state index in [0.717, 1.165) is 18.4 Å². The van der Waals surface area contributed by atoms with Gasteiger partial charge in [-0.25, -0.2) is 8.42 Å². The third-order valence-corrected chi connectivity index (χ3v) is 6.95. The normalized spacial score (nSPS) is 14.9. The lowest BCUT2D eigenvalue weighted by atomic mass is 10.0. The van der Waals surface area contributed by atoms with Gasteiger partial charge in [0.05, 0.1) is 4.90 Å². The molecule has 7 heteroatoms. The first-order valence-corrected chi connectivity index (χ1v) is 11.4. The molecule has 1 saturated heterocycles. The van der Waals surface area contributed by atoms with Gasteiger partial charge >= 0.3 is 0 Å². The van der Waals surface area contributed by atoms with Crippen molar-refractivity contribution >= 4 is 15.9 Å². The van der Waals surface area contributed by atoms with Crippen molar-refractivity contribution < 1.29 is 17.9 Å². The third kappa shape index (κ3) is 5.58. The summed E-state index contributed by atoms with van der Waals surface area (Å²) in [6.07, 6.45) is 1.82. The van der Waals surface area contributed by atoms with Crippen LogP contribution in [0.25, 0.3) is 0 Å². The molecule has 0 spiro atoms. The molecule has 3 rings (SSSR count). The van der Waals surface area contributed by atoms with Crippen LogP contribution in [0.5, 0.6) is 5.75 Å². The highest BCUT2D eigenvalue weighted by atomic mass is 32.2. The van der Waals surface area contributed by atoms with E-state index in [2.05, 4.69) is 19.2 Å². The molecule has 0 atom stereocenters. The summed E-state index contributed by atoms with van der Waals surface area (Å²) < 4.78 is 32.1. The van der Waals surface area contributed by atoms with Crippen molar-refractivity contribution in [2.24, 2.45) is 0 Å². The van der Waals surface area contributed by atoms with Gasteiger partial charge in [0, 0.05) is 19.6 Å². The number of carbonyl (C=O) groups is 1. The summed E-state index contributed by atoms with van der Waals surface area (Å²) in [5, 5.41) is 2.79. The maximum Gasteiger partial charge on any atom is 0.258 e. The predicted molar refractivity (Wildman–Crippen MR) is 112 cm³/mol. The van der Waals surface area contributed by atoms with E-state index < -0.39 is 10.0 Å². The van der Waals surface area contributed by atoms with Crippen LogP contribution < -0.4 is 10.1 Å². The molecular weight excluding hydrogens is 388 g/mol. The standard InChI is InChI=1S/C22H28N2O4S/c1-17(2)19-7-9-20(10-8-19)28-16-22(25)23-15-18-5-11-21(12-6-18)29(26,27)24-13-3-4-14-24/h5-12,17H,3-4,13-16H2,1-2H3,(H,23,25). The van der Waals surface area contributed by atoms with Crippen molar-refractivity contribution in [3.63, 3.8) is 0 Å². The number of hydrogen-bond acceptors (Lipinski definition) is 4. The van der Waals surface area contributed by atoms with Gasteiger partial charge in [-0.05, 0) is 54.2 Å². The Morgan fingerprint density at radius 3 is 2.24 bits per heavy atom. The summed E-state index contributed by atoms with van der Waals surface area (Å²) in [7, 11) is -3.41. The summed E-state index contributed by atoms with van der Waals surface area (Å²) in [5.74, 6) is 0.872. The topological polar surface area (TPSA) is 75.7 Å². The molecule has 0 aliphatic carbocycles. The fraction of sp³-hybridized carbons (Fsp3) is 0.409. The van der Waals surface area contributed by atoms with Crippen molar-refractivity contribution in [1.82, 2.24) is 9.62 Å². The van der Waals surface area contributed by atoms with E-state index in [0.29, 0.717) is 36.2 Å². The lowest BCUT2D eigenvalue weighted by Crippen LogP contribution is -2.29. The lowest BCUT2D eigenvalue weighted by Gasteiger charge is -2.15. The Hall–Kier alpha value is -2.38. The van der Waals surface area contributed by atoms with Crippen LogP contribution >= 0.6 is 0 Å². The molecule has 1 N–H and O–H groups in total. The number of nitrogens with one attached hydrogen (secondary N) is 1. The van der Waals surface area contributed by atoms with Gasteiger partial charge in [-0.3, -0.25) is 4.79 Å². The minimum absolute atomic E-state index is 0.0670. The molecule has 1 amide bonds. The summed E-state index contributed by atoms with van der Waals surface area (Å²) in [5.41, 5.74) is 2.05. The van der Waals surface area contributed by atoms with Crippen molar-refractivity contribution in [2.75, 3.05) is 19.7 Å². The first kappa shape index (κ1) is 21.3. The quantitative estimate of drug-likeness (QED) is 0.717. The zero-order valence-corrected chi connectivity index (χ0v) is 17.7. The van der Waals surface area contributed by atoms with E-state index in [9.17, 15) is 13.2 Å². The van der Waals surface area contributed by atoms with Gasteiger partial charge in [-0.15, -0.1) is 0 Å². The third-order valence-electron chi connectivity index (χ3n) is 5.03. The summed E-state index contributed by atoms with van der Waals surface area (Å²) in [6.45, 7) is 5.66. The van der Waals surface area contributed by atoms with Crippen molar-refractivity contribution in [3.05, 3.63) is 59.7 Å². The van der Waals surface area contributed by atoms with Gasteiger partial charge in [0.1, 0.15) is 5.75 Å². The van der Waals surface area contributed by atoms with Crippen LogP contribution in [-0.4, -0.2) is 38.3 Å². The number of hydrogen-bond donors (Lipinski definition) is 1. The molecular formula is C22H28N2O4S. The van der Waals surface area contributed by atoms with Gasteiger partial charge in [-0.2, -0.15) is 4.31 Å². The van der Waals surface area contributed by atoms with E-state index in [1.165, 1.54) is 9.87 Å². The zero-order chi connectivity index (χ0) is 20.9. The molecule has 0 unspecified atom stereocenters. The predicted octanol–water partition coefficient (Wildman–Crippen LogP) is 3.29. The minimum atomic E-state index is -3.41. The number of ether oxygens (including phenoxy) is 1. The molecule has 156 valence electrons. The van der Waals surface area contributed by atoms with E-state index in [-0.39, 0.29) is 12.5 Å². The Morgan fingerprint density at radius 2 is 1.66 bits per heavy atom. The van der Waals surface area contributed by atoms with E-state index in [1.54, 1.807) is 24.3 Å². The largest absolute Gasteiger partial charge is 0.484 e. The van der Waals surface area contributed by atoms with E-state index in [1.807, 2.05) is 24.3 Å². The monoisotopic (exact) mass is 416 g/mol. The fourth-order valence-corrected chi connectivity index (χ4v) is 4.72. The van der Waals surface area contributed by atoms with Gasteiger partial charge in [0.25, 0.3) is 5.91 Å². The van der Waals surface area contributed by atoms with Crippen LogP contribution in [0.2, 0.25) is 0 Å². The number of nitrogens with zero attached hydrogens (tertiary/aromatic N) is 1. The fourth-order valence-electron chi connectivity index (χ4n) is 3.21. The number of carbonyl (C=O) groups excluding carboxylic acids is 1. The summed E-state index contributed by atoms with van der Waals surface area (Å²) in [6, 6.07) is 14.4. The molecule has 0 saturated carbocycles. The Labute approximate surface area is 172 Å². The molecule has 0 bridgehead atoms. The SMILES string of the molecule is CC(C)c1ccc(OCC(=O)NCc2ccc(S(=O)(=O)N3CCCC3)cc2)cc1. The number of amides is 1. The molecule has 0 radical (unpaired) electrons. The minimum Gasteiger partial charge on any atom is -0.484 e. The average molecular weight is 417 g/mol. The Morgan fingerprint density at radius 1 is 1.03 bits per heavy atom. The highest BCUT2D eigenvalue weighted by molar-refractivity contribution is 7.89. The second-order valence-corrected chi connectivity index (χ2v) is 9.48. The molecule has 1 aliphatic heterocycles. The molecule has 1 fully saturated rings. The first-order valence-electron chi connectivity index (χ1n) is 9.95. The van der Waals surface area contributed by atoms with Crippen molar-refractivity contribution in [2.45, 2.75) is 44.0 Å². The van der Waals surface area contributed by atoms with Gasteiger partial charge in [-0.1, -0.05) is 38.1 Å². The van der Waals surface area contributed by atoms with Gasteiger partial charge in [0.2, 0.25) is 10.0 Å². The maximum absolute atomic E-state index is 12.5. The Bertz CT molecular complexity index is 916. The first-order chi connectivity index (χ1) is 13.9. The molecule has 0 aromatic heterocycles. The molecule has 2 aromatic rings. The van der Waals surface area contributed by atoms with Crippen LogP contribution in [0.15, 0.2) is 53.4 Å². The molecule has 1 aliphatic rings. The smallest absolute Gasteiger partial charge is 0.258 e. The maximum atomic E-state index is 12.5. The van der Waals surface area contributed by atoms with Crippen LogP contribution in [0.1, 0.15) is 43.7 Å². The lowest BCUT2D eigenvalue weighted by molar-refractivity contribution is -0.123. The Balaban J connectivity index is 1.47. The molecule has 1 heterocycles. The molecule has 6 nitrogen and oxygen atoms in total.